The van der Waals surface area contributed by atoms with E-state index in [1.165, 1.54) is 22.2 Å². The molecule has 0 fully saturated rings. The zero-order valence-electron chi connectivity index (χ0n) is 11.2. The first-order valence-electron chi connectivity index (χ1n) is 7.10. The molecule has 2 heteroatoms. The summed E-state index contributed by atoms with van der Waals surface area (Å²) in [5.74, 6) is 0. The summed E-state index contributed by atoms with van der Waals surface area (Å²) in [6.07, 6.45) is 4.17. The van der Waals surface area contributed by atoms with Crippen LogP contribution in [0, 0.1) is 0 Å². The second-order valence-corrected chi connectivity index (χ2v) is 5.31. The Morgan fingerprint density at radius 1 is 0.950 bits per heavy atom. The van der Waals surface area contributed by atoms with Crippen molar-refractivity contribution in [3.8, 4) is 0 Å². The first-order chi connectivity index (χ1) is 9.92. The number of anilines is 1. The summed E-state index contributed by atoms with van der Waals surface area (Å²) in [7, 11) is 0. The average molecular weight is 260 g/mol. The molecule has 0 spiro atoms. The quantitative estimate of drug-likeness (QED) is 0.741. The number of hydrogen-bond acceptors (Lipinski definition) is 2. The fourth-order valence-electron chi connectivity index (χ4n) is 3.12. The number of pyridine rings is 1. The SMILES string of the molecule is c1ccc2c(c1)CCC2Nc1cccc2ncccc12. The van der Waals surface area contributed by atoms with Gasteiger partial charge in [-0.15, -0.1) is 0 Å². The highest BCUT2D eigenvalue weighted by molar-refractivity contribution is 5.91. The van der Waals surface area contributed by atoms with Crippen LogP contribution in [0.2, 0.25) is 0 Å². The molecule has 0 aliphatic heterocycles. The molecule has 1 aromatic heterocycles. The molecule has 1 aliphatic rings. The monoisotopic (exact) mass is 260 g/mol. The molecule has 0 saturated carbocycles. The Hall–Kier alpha value is -2.35. The predicted molar refractivity (Wildman–Crippen MR) is 82.9 cm³/mol. The van der Waals surface area contributed by atoms with Crippen molar-refractivity contribution in [3.05, 3.63) is 71.9 Å². The standard InChI is InChI=1S/C18H16N2/c1-2-6-14-13(5-1)10-11-18(14)20-17-9-3-8-16-15(17)7-4-12-19-16/h1-9,12,18,20H,10-11H2. The second-order valence-electron chi connectivity index (χ2n) is 5.31. The van der Waals surface area contributed by atoms with Gasteiger partial charge in [0.15, 0.2) is 0 Å². The van der Waals surface area contributed by atoms with E-state index in [2.05, 4.69) is 58.8 Å². The van der Waals surface area contributed by atoms with E-state index in [-0.39, 0.29) is 0 Å². The van der Waals surface area contributed by atoms with E-state index in [0.717, 1.165) is 18.4 Å². The van der Waals surface area contributed by atoms with Gasteiger partial charge in [0.1, 0.15) is 0 Å². The summed E-state index contributed by atoms with van der Waals surface area (Å²) in [4.78, 5) is 4.42. The lowest BCUT2D eigenvalue weighted by Crippen LogP contribution is -2.07. The third-order valence-electron chi connectivity index (χ3n) is 4.11. The number of aromatic nitrogens is 1. The first kappa shape index (κ1) is 11.5. The Bertz CT molecular complexity index is 759. The van der Waals surface area contributed by atoms with Crippen LogP contribution in [-0.4, -0.2) is 4.98 Å². The Labute approximate surface area is 118 Å². The van der Waals surface area contributed by atoms with Crippen LogP contribution < -0.4 is 5.32 Å². The molecule has 1 unspecified atom stereocenters. The third kappa shape index (κ3) is 1.85. The smallest absolute Gasteiger partial charge is 0.0722 e. The summed E-state index contributed by atoms with van der Waals surface area (Å²) in [5, 5.41) is 4.89. The average Bonchev–Trinajstić information content (AvgIpc) is 2.91. The van der Waals surface area contributed by atoms with E-state index in [4.69, 9.17) is 0 Å². The number of rotatable bonds is 2. The maximum Gasteiger partial charge on any atom is 0.0722 e. The van der Waals surface area contributed by atoms with E-state index >= 15 is 0 Å². The molecule has 0 saturated heterocycles. The lowest BCUT2D eigenvalue weighted by Gasteiger charge is -2.17. The van der Waals surface area contributed by atoms with Crippen molar-refractivity contribution in [1.82, 2.24) is 4.98 Å². The summed E-state index contributed by atoms with van der Waals surface area (Å²) in [6.45, 7) is 0. The number of fused-ring (bicyclic) bond motifs is 2. The van der Waals surface area contributed by atoms with Gasteiger partial charge in [-0.05, 0) is 48.2 Å². The summed E-state index contributed by atoms with van der Waals surface area (Å²) < 4.78 is 0. The minimum Gasteiger partial charge on any atom is -0.378 e. The van der Waals surface area contributed by atoms with Gasteiger partial charge in [0.05, 0.1) is 11.6 Å². The Balaban J connectivity index is 1.73. The van der Waals surface area contributed by atoms with Crippen LogP contribution in [0.3, 0.4) is 0 Å². The largest absolute Gasteiger partial charge is 0.378 e. The number of hydrogen-bond donors (Lipinski definition) is 1. The van der Waals surface area contributed by atoms with Crippen LogP contribution in [0.5, 0.6) is 0 Å². The van der Waals surface area contributed by atoms with Crippen LogP contribution in [0.25, 0.3) is 10.9 Å². The zero-order valence-corrected chi connectivity index (χ0v) is 11.2. The van der Waals surface area contributed by atoms with Gasteiger partial charge in [0.25, 0.3) is 0 Å². The van der Waals surface area contributed by atoms with E-state index < -0.39 is 0 Å². The molecule has 1 heterocycles. The lowest BCUT2D eigenvalue weighted by atomic mass is 10.1. The summed E-state index contributed by atoms with van der Waals surface area (Å²) in [5.41, 5.74) is 5.14. The number of benzene rings is 2. The van der Waals surface area contributed by atoms with Crippen LogP contribution in [-0.2, 0) is 6.42 Å². The Morgan fingerprint density at radius 3 is 2.90 bits per heavy atom. The van der Waals surface area contributed by atoms with Gasteiger partial charge >= 0.3 is 0 Å². The van der Waals surface area contributed by atoms with Gasteiger partial charge in [0, 0.05) is 17.3 Å². The van der Waals surface area contributed by atoms with E-state index in [0.29, 0.717) is 6.04 Å². The van der Waals surface area contributed by atoms with Crippen molar-refractivity contribution in [3.63, 3.8) is 0 Å². The lowest BCUT2D eigenvalue weighted by molar-refractivity contribution is 0.763. The highest BCUT2D eigenvalue weighted by atomic mass is 14.9. The minimum absolute atomic E-state index is 0.414. The molecule has 1 atom stereocenters. The van der Waals surface area contributed by atoms with Crippen LogP contribution >= 0.6 is 0 Å². The fourth-order valence-corrected chi connectivity index (χ4v) is 3.12. The second kappa shape index (κ2) is 4.64. The fraction of sp³-hybridized carbons (Fsp3) is 0.167. The van der Waals surface area contributed by atoms with Gasteiger partial charge in [0.2, 0.25) is 0 Å². The molecule has 0 radical (unpaired) electrons. The van der Waals surface area contributed by atoms with Gasteiger partial charge < -0.3 is 5.32 Å². The van der Waals surface area contributed by atoms with Crippen molar-refractivity contribution >= 4 is 16.6 Å². The van der Waals surface area contributed by atoms with Crippen molar-refractivity contribution < 1.29 is 0 Å². The molecular formula is C18H16N2. The molecule has 2 nitrogen and oxygen atoms in total. The van der Waals surface area contributed by atoms with Crippen molar-refractivity contribution in [1.29, 1.82) is 0 Å². The normalized spacial score (nSPS) is 17.1. The molecule has 1 aliphatic carbocycles. The minimum atomic E-state index is 0.414. The molecule has 20 heavy (non-hydrogen) atoms. The van der Waals surface area contributed by atoms with Crippen molar-refractivity contribution in [2.45, 2.75) is 18.9 Å². The highest BCUT2D eigenvalue weighted by Gasteiger charge is 2.21. The summed E-state index contributed by atoms with van der Waals surface area (Å²) >= 11 is 0. The predicted octanol–water partition coefficient (Wildman–Crippen LogP) is 4.33. The first-order valence-corrected chi connectivity index (χ1v) is 7.10. The zero-order chi connectivity index (χ0) is 13.4. The number of nitrogens with one attached hydrogen (secondary N) is 1. The van der Waals surface area contributed by atoms with Crippen molar-refractivity contribution in [2.75, 3.05) is 5.32 Å². The van der Waals surface area contributed by atoms with Gasteiger partial charge in [-0.25, -0.2) is 0 Å². The van der Waals surface area contributed by atoms with Gasteiger partial charge in [-0.3, -0.25) is 4.98 Å². The Kier molecular flexibility index (Phi) is 2.66. The summed E-state index contributed by atoms with van der Waals surface area (Å²) in [6, 6.07) is 19.5. The third-order valence-corrected chi connectivity index (χ3v) is 4.11. The molecule has 4 rings (SSSR count). The maximum absolute atomic E-state index is 4.42. The van der Waals surface area contributed by atoms with Gasteiger partial charge in [-0.1, -0.05) is 30.3 Å². The molecule has 2 aromatic carbocycles. The topological polar surface area (TPSA) is 24.9 Å². The number of aryl methyl sites for hydroxylation is 1. The van der Waals surface area contributed by atoms with Crippen LogP contribution in [0.4, 0.5) is 5.69 Å². The van der Waals surface area contributed by atoms with Crippen molar-refractivity contribution in [2.24, 2.45) is 0 Å². The highest BCUT2D eigenvalue weighted by Crippen LogP contribution is 2.35. The van der Waals surface area contributed by atoms with E-state index in [9.17, 15) is 0 Å². The van der Waals surface area contributed by atoms with Crippen LogP contribution in [0.1, 0.15) is 23.6 Å². The Morgan fingerprint density at radius 2 is 1.90 bits per heavy atom. The van der Waals surface area contributed by atoms with Crippen LogP contribution in [0.15, 0.2) is 60.8 Å². The van der Waals surface area contributed by atoms with E-state index in [1.54, 1.807) is 0 Å². The molecule has 1 N–H and O–H groups in total. The van der Waals surface area contributed by atoms with E-state index in [1.807, 2.05) is 12.3 Å². The molecule has 0 amide bonds. The molecule has 98 valence electrons. The van der Waals surface area contributed by atoms with Gasteiger partial charge in [-0.2, -0.15) is 0 Å². The molecule has 3 aromatic rings. The maximum atomic E-state index is 4.42. The molecular weight excluding hydrogens is 244 g/mol. The number of nitrogens with zero attached hydrogens (tertiary/aromatic N) is 1. The molecule has 0 bridgehead atoms.